The molecule has 5 nitrogen and oxygen atoms in total. The van der Waals surface area contributed by atoms with Gasteiger partial charge in [0.05, 0.1) is 12.6 Å². The van der Waals surface area contributed by atoms with Crippen LogP contribution in [0.1, 0.15) is 25.8 Å². The average molecular weight is 316 g/mol. The van der Waals surface area contributed by atoms with Gasteiger partial charge in [-0.1, -0.05) is 44.2 Å². The van der Waals surface area contributed by atoms with E-state index >= 15 is 0 Å². The van der Waals surface area contributed by atoms with Crippen molar-refractivity contribution in [1.29, 1.82) is 0 Å². The van der Waals surface area contributed by atoms with Crippen LogP contribution < -0.4 is 0 Å². The van der Waals surface area contributed by atoms with Gasteiger partial charge in [-0.05, 0) is 12.0 Å². The molecule has 2 heterocycles. The Labute approximate surface area is 137 Å². The van der Waals surface area contributed by atoms with Crippen LogP contribution in [-0.2, 0) is 16.1 Å². The Morgan fingerprint density at radius 2 is 2.04 bits per heavy atom. The van der Waals surface area contributed by atoms with E-state index in [9.17, 15) is 9.59 Å². The quantitative estimate of drug-likeness (QED) is 0.861. The van der Waals surface area contributed by atoms with Gasteiger partial charge in [-0.3, -0.25) is 9.69 Å². The van der Waals surface area contributed by atoms with Crippen LogP contribution in [0.15, 0.2) is 30.3 Å². The summed E-state index contributed by atoms with van der Waals surface area (Å²) in [5.74, 6) is 0.472. The summed E-state index contributed by atoms with van der Waals surface area (Å²) in [5, 5.41) is 0. The summed E-state index contributed by atoms with van der Waals surface area (Å²) in [5.41, 5.74) is 1.08. The monoisotopic (exact) mass is 316 g/mol. The number of rotatable bonds is 3. The molecule has 2 fully saturated rings. The van der Waals surface area contributed by atoms with E-state index in [2.05, 4.69) is 0 Å². The Balaban J connectivity index is 1.77. The second-order valence-corrected chi connectivity index (χ2v) is 6.75. The topological polar surface area (TPSA) is 49.9 Å². The fourth-order valence-electron chi connectivity index (χ4n) is 3.45. The van der Waals surface area contributed by atoms with E-state index in [1.54, 1.807) is 4.90 Å². The number of nitrogens with zero attached hydrogens (tertiary/aromatic N) is 2. The van der Waals surface area contributed by atoms with E-state index in [-0.39, 0.29) is 24.0 Å². The Hall–Kier alpha value is -2.04. The minimum Gasteiger partial charge on any atom is -0.449 e. The van der Waals surface area contributed by atoms with Gasteiger partial charge in [0.1, 0.15) is 0 Å². The van der Waals surface area contributed by atoms with Crippen LogP contribution in [-0.4, -0.2) is 47.5 Å². The van der Waals surface area contributed by atoms with Gasteiger partial charge in [0.15, 0.2) is 0 Å². The molecule has 2 aliphatic heterocycles. The van der Waals surface area contributed by atoms with Crippen LogP contribution in [0.5, 0.6) is 0 Å². The van der Waals surface area contributed by atoms with Gasteiger partial charge in [-0.25, -0.2) is 4.79 Å². The fraction of sp³-hybridized carbons (Fsp3) is 0.556. The molecule has 2 saturated heterocycles. The molecule has 2 aliphatic rings. The first kappa shape index (κ1) is 15.8. The second-order valence-electron chi connectivity index (χ2n) is 6.75. The lowest BCUT2D eigenvalue weighted by Crippen LogP contribution is -2.60. The summed E-state index contributed by atoms with van der Waals surface area (Å²) in [6.45, 7) is 6.22. The van der Waals surface area contributed by atoms with Crippen molar-refractivity contribution in [1.82, 2.24) is 9.80 Å². The molecule has 0 unspecified atom stereocenters. The molecule has 0 bridgehead atoms. The van der Waals surface area contributed by atoms with E-state index in [0.717, 1.165) is 18.5 Å². The maximum atomic E-state index is 12.3. The van der Waals surface area contributed by atoms with Gasteiger partial charge in [-0.2, -0.15) is 0 Å². The van der Waals surface area contributed by atoms with Gasteiger partial charge in [0.25, 0.3) is 0 Å². The summed E-state index contributed by atoms with van der Waals surface area (Å²) < 4.78 is 5.36. The van der Waals surface area contributed by atoms with Crippen molar-refractivity contribution < 1.29 is 14.3 Å². The Morgan fingerprint density at radius 3 is 2.74 bits per heavy atom. The zero-order chi connectivity index (χ0) is 16.4. The van der Waals surface area contributed by atoms with Crippen molar-refractivity contribution in [3.05, 3.63) is 35.9 Å². The number of benzene rings is 1. The third-order valence-electron chi connectivity index (χ3n) is 4.78. The van der Waals surface area contributed by atoms with E-state index in [0.29, 0.717) is 25.6 Å². The molecule has 0 radical (unpaired) electrons. The standard InChI is InChI=1S/C18H24N2O3/c1-13(2)17(21)19-9-8-15-12-23-18(22)20(16(15)11-19)10-14-6-4-3-5-7-14/h3-7,13,15-16H,8-12H2,1-2H3/t15-,16+/m0/s1. The molecule has 124 valence electrons. The van der Waals surface area contributed by atoms with Gasteiger partial charge in [0, 0.05) is 31.5 Å². The lowest BCUT2D eigenvalue weighted by molar-refractivity contribution is -0.139. The molecule has 2 amide bonds. The zero-order valence-corrected chi connectivity index (χ0v) is 13.8. The molecule has 5 heteroatoms. The Kier molecular flexibility index (Phi) is 4.55. The highest BCUT2D eigenvalue weighted by Gasteiger charge is 2.42. The van der Waals surface area contributed by atoms with Crippen molar-refractivity contribution in [2.45, 2.75) is 32.9 Å². The number of likely N-dealkylation sites (tertiary alicyclic amines) is 1. The molecule has 0 N–H and O–H groups in total. The van der Waals surface area contributed by atoms with E-state index < -0.39 is 0 Å². The lowest BCUT2D eigenvalue weighted by Gasteiger charge is -2.46. The molecular weight excluding hydrogens is 292 g/mol. The third-order valence-corrected chi connectivity index (χ3v) is 4.78. The molecular formula is C18H24N2O3. The minimum atomic E-state index is -0.269. The van der Waals surface area contributed by atoms with E-state index in [4.69, 9.17) is 4.74 Å². The number of amides is 2. The second kappa shape index (κ2) is 6.60. The van der Waals surface area contributed by atoms with Gasteiger partial charge >= 0.3 is 6.09 Å². The number of fused-ring (bicyclic) bond motifs is 1. The van der Waals surface area contributed by atoms with Crippen LogP contribution in [0, 0.1) is 11.8 Å². The number of ether oxygens (including phenoxy) is 1. The first-order valence-electron chi connectivity index (χ1n) is 8.32. The van der Waals surface area contributed by atoms with Crippen LogP contribution in [0.3, 0.4) is 0 Å². The highest BCUT2D eigenvalue weighted by atomic mass is 16.6. The molecule has 3 rings (SSSR count). The number of hydrogen-bond acceptors (Lipinski definition) is 3. The van der Waals surface area contributed by atoms with Crippen molar-refractivity contribution in [2.75, 3.05) is 19.7 Å². The van der Waals surface area contributed by atoms with Crippen molar-refractivity contribution >= 4 is 12.0 Å². The fourth-order valence-corrected chi connectivity index (χ4v) is 3.45. The number of hydrogen-bond donors (Lipinski definition) is 0. The molecule has 1 aromatic carbocycles. The van der Waals surface area contributed by atoms with E-state index in [1.807, 2.05) is 49.1 Å². The predicted molar refractivity (Wildman–Crippen MR) is 86.6 cm³/mol. The maximum absolute atomic E-state index is 12.3. The molecule has 0 saturated carbocycles. The minimum absolute atomic E-state index is 0.00957. The molecule has 1 aromatic rings. The molecule has 23 heavy (non-hydrogen) atoms. The number of piperidine rings is 1. The molecule has 0 spiro atoms. The van der Waals surface area contributed by atoms with Gasteiger partial charge < -0.3 is 9.64 Å². The van der Waals surface area contributed by atoms with Gasteiger partial charge in [0.2, 0.25) is 5.91 Å². The van der Waals surface area contributed by atoms with Crippen molar-refractivity contribution in [3.8, 4) is 0 Å². The summed E-state index contributed by atoms with van der Waals surface area (Å²) in [6.07, 6.45) is 0.621. The normalized spacial score (nSPS) is 24.4. The lowest BCUT2D eigenvalue weighted by atomic mass is 9.89. The number of cyclic esters (lactones) is 1. The molecule has 0 aromatic heterocycles. The molecule has 0 aliphatic carbocycles. The first-order valence-corrected chi connectivity index (χ1v) is 8.32. The summed E-state index contributed by atoms with van der Waals surface area (Å²) in [7, 11) is 0. The van der Waals surface area contributed by atoms with Crippen LogP contribution in [0.4, 0.5) is 4.79 Å². The van der Waals surface area contributed by atoms with Crippen LogP contribution >= 0.6 is 0 Å². The molecule has 2 atom stereocenters. The summed E-state index contributed by atoms with van der Waals surface area (Å²) in [4.78, 5) is 28.3. The summed E-state index contributed by atoms with van der Waals surface area (Å²) >= 11 is 0. The smallest absolute Gasteiger partial charge is 0.410 e. The zero-order valence-electron chi connectivity index (χ0n) is 13.8. The number of carbonyl (C=O) groups is 2. The predicted octanol–water partition coefficient (Wildman–Crippen LogP) is 2.51. The average Bonchev–Trinajstić information content (AvgIpc) is 2.57. The van der Waals surface area contributed by atoms with Crippen molar-refractivity contribution in [3.63, 3.8) is 0 Å². The Bertz CT molecular complexity index is 573. The maximum Gasteiger partial charge on any atom is 0.410 e. The highest BCUT2D eigenvalue weighted by molar-refractivity contribution is 5.78. The van der Waals surface area contributed by atoms with Crippen LogP contribution in [0.25, 0.3) is 0 Å². The first-order chi connectivity index (χ1) is 11.1. The SMILES string of the molecule is CC(C)C(=O)N1CC[C@H]2COC(=O)N(Cc3ccccc3)[C@@H]2C1. The Morgan fingerprint density at radius 1 is 1.30 bits per heavy atom. The highest BCUT2D eigenvalue weighted by Crippen LogP contribution is 2.29. The largest absolute Gasteiger partial charge is 0.449 e. The number of carbonyl (C=O) groups excluding carboxylic acids is 2. The third kappa shape index (κ3) is 3.33. The van der Waals surface area contributed by atoms with Gasteiger partial charge in [-0.15, -0.1) is 0 Å². The van der Waals surface area contributed by atoms with Crippen molar-refractivity contribution in [2.24, 2.45) is 11.8 Å². The van der Waals surface area contributed by atoms with E-state index in [1.165, 1.54) is 0 Å². The summed E-state index contributed by atoms with van der Waals surface area (Å²) in [6, 6.07) is 9.97. The van der Waals surface area contributed by atoms with Crippen LogP contribution in [0.2, 0.25) is 0 Å².